The maximum atomic E-state index is 12.0. The Hall–Kier alpha value is -2.63. The van der Waals surface area contributed by atoms with Crippen molar-refractivity contribution in [1.82, 2.24) is 9.97 Å². The summed E-state index contributed by atoms with van der Waals surface area (Å²) in [6.07, 6.45) is 1.39. The van der Waals surface area contributed by atoms with Crippen molar-refractivity contribution in [3.05, 3.63) is 40.7 Å². The Bertz CT molecular complexity index is 617. The van der Waals surface area contributed by atoms with Crippen LogP contribution in [0.3, 0.4) is 0 Å². The minimum absolute atomic E-state index is 0.0145. The average molecular weight is 230 g/mol. The van der Waals surface area contributed by atoms with Gasteiger partial charge in [0.05, 0.1) is 11.1 Å². The summed E-state index contributed by atoms with van der Waals surface area (Å²) in [5.74, 6) is -2.14. The summed E-state index contributed by atoms with van der Waals surface area (Å²) >= 11 is 0. The highest BCUT2D eigenvalue weighted by molar-refractivity contribution is 6.29. The van der Waals surface area contributed by atoms with Crippen molar-refractivity contribution < 1.29 is 19.8 Å². The number of ketones is 2. The highest BCUT2D eigenvalue weighted by Gasteiger charge is 2.37. The van der Waals surface area contributed by atoms with Gasteiger partial charge in [-0.2, -0.15) is 0 Å². The number of aromatic hydroxyl groups is 2. The lowest BCUT2D eigenvalue weighted by molar-refractivity contribution is 0.0972. The Morgan fingerprint density at radius 3 is 2.41 bits per heavy atom. The molecule has 1 aliphatic rings. The van der Waals surface area contributed by atoms with Gasteiger partial charge >= 0.3 is 0 Å². The quantitative estimate of drug-likeness (QED) is 0.524. The van der Waals surface area contributed by atoms with Crippen LogP contribution in [-0.4, -0.2) is 31.7 Å². The SMILES string of the molecule is O=C1c2cccnc2C(=O)c2c(O)[nH]c(O)c21. The molecule has 2 heterocycles. The van der Waals surface area contributed by atoms with E-state index in [2.05, 4.69) is 9.97 Å². The number of rotatable bonds is 0. The van der Waals surface area contributed by atoms with Gasteiger partial charge in [-0.3, -0.25) is 19.6 Å². The molecule has 84 valence electrons. The molecule has 0 fully saturated rings. The first-order valence-corrected chi connectivity index (χ1v) is 4.79. The summed E-state index contributed by atoms with van der Waals surface area (Å²) in [6.45, 7) is 0. The van der Waals surface area contributed by atoms with E-state index in [0.29, 0.717) is 0 Å². The molecule has 1 aliphatic carbocycles. The van der Waals surface area contributed by atoms with E-state index in [-0.39, 0.29) is 22.4 Å². The van der Waals surface area contributed by atoms with Crippen LogP contribution < -0.4 is 0 Å². The largest absolute Gasteiger partial charge is 0.494 e. The van der Waals surface area contributed by atoms with Crippen LogP contribution in [0.15, 0.2) is 18.3 Å². The number of aromatic amines is 1. The maximum absolute atomic E-state index is 12.0. The van der Waals surface area contributed by atoms with Crippen molar-refractivity contribution in [3.8, 4) is 11.8 Å². The fraction of sp³-hybridized carbons (Fsp3) is 0. The molecule has 6 nitrogen and oxygen atoms in total. The number of fused-ring (bicyclic) bond motifs is 2. The predicted octanol–water partition coefficient (Wildman–Crippen LogP) is 0.596. The number of nitrogens with one attached hydrogen (secondary N) is 1. The van der Waals surface area contributed by atoms with Crippen LogP contribution in [0.5, 0.6) is 11.8 Å². The van der Waals surface area contributed by atoms with Gasteiger partial charge in [-0.05, 0) is 12.1 Å². The molecule has 0 amide bonds. The van der Waals surface area contributed by atoms with Crippen LogP contribution in [0.25, 0.3) is 0 Å². The van der Waals surface area contributed by atoms with Gasteiger partial charge < -0.3 is 10.2 Å². The Kier molecular flexibility index (Phi) is 1.66. The molecule has 0 aromatic carbocycles. The van der Waals surface area contributed by atoms with Crippen LogP contribution in [0.2, 0.25) is 0 Å². The van der Waals surface area contributed by atoms with Gasteiger partial charge in [0.15, 0.2) is 0 Å². The van der Waals surface area contributed by atoms with Gasteiger partial charge in [0.2, 0.25) is 23.3 Å². The first-order valence-electron chi connectivity index (χ1n) is 4.79. The Labute approximate surface area is 94.6 Å². The standard InChI is InChI=1S/C11H6N2O4/c14-8-4-2-1-3-12-7(4)9(15)6-5(8)10(16)13-11(6)17/h1-3,13,16-17H. The summed E-state index contributed by atoms with van der Waals surface area (Å²) in [7, 11) is 0. The van der Waals surface area contributed by atoms with E-state index in [0.717, 1.165) is 0 Å². The van der Waals surface area contributed by atoms with Crippen LogP contribution in [0, 0.1) is 0 Å². The second-order valence-electron chi connectivity index (χ2n) is 3.63. The van der Waals surface area contributed by atoms with Crippen molar-refractivity contribution in [2.24, 2.45) is 0 Å². The maximum Gasteiger partial charge on any atom is 0.218 e. The van der Waals surface area contributed by atoms with Gasteiger partial charge in [0.25, 0.3) is 0 Å². The lowest BCUT2D eigenvalue weighted by Crippen LogP contribution is -2.20. The van der Waals surface area contributed by atoms with E-state index in [4.69, 9.17) is 0 Å². The molecule has 3 N–H and O–H groups in total. The molecule has 0 aliphatic heterocycles. The van der Waals surface area contributed by atoms with E-state index in [1.807, 2.05) is 0 Å². The van der Waals surface area contributed by atoms with Crippen molar-refractivity contribution in [2.75, 3.05) is 0 Å². The zero-order valence-corrected chi connectivity index (χ0v) is 8.39. The number of pyridine rings is 1. The fourth-order valence-corrected chi connectivity index (χ4v) is 1.94. The zero-order chi connectivity index (χ0) is 12.2. The highest BCUT2D eigenvalue weighted by Crippen LogP contribution is 2.36. The molecular weight excluding hydrogens is 224 g/mol. The molecule has 2 aromatic heterocycles. The van der Waals surface area contributed by atoms with Crippen LogP contribution in [0.4, 0.5) is 0 Å². The number of aromatic nitrogens is 2. The van der Waals surface area contributed by atoms with Gasteiger partial charge in [-0.1, -0.05) is 0 Å². The monoisotopic (exact) mass is 230 g/mol. The van der Waals surface area contributed by atoms with Crippen LogP contribution in [0.1, 0.15) is 32.0 Å². The van der Waals surface area contributed by atoms with E-state index in [9.17, 15) is 19.8 Å². The first kappa shape index (κ1) is 9.59. The molecule has 0 saturated heterocycles. The van der Waals surface area contributed by atoms with Crippen LogP contribution in [-0.2, 0) is 0 Å². The molecule has 0 atom stereocenters. The lowest BCUT2D eigenvalue weighted by Gasteiger charge is -2.12. The van der Waals surface area contributed by atoms with Crippen molar-refractivity contribution in [2.45, 2.75) is 0 Å². The summed E-state index contributed by atoms with van der Waals surface area (Å²) in [5.41, 5.74) is -0.315. The molecule has 0 spiro atoms. The predicted molar refractivity (Wildman–Crippen MR) is 55.2 cm³/mol. The van der Waals surface area contributed by atoms with Gasteiger partial charge in [-0.25, -0.2) is 0 Å². The number of carbonyl (C=O) groups excluding carboxylic acids is 2. The molecule has 2 aromatic rings. The molecule has 3 rings (SSSR count). The molecule has 0 unspecified atom stereocenters. The second-order valence-corrected chi connectivity index (χ2v) is 3.63. The fourth-order valence-electron chi connectivity index (χ4n) is 1.94. The summed E-state index contributed by atoms with van der Waals surface area (Å²) in [5, 5.41) is 19.0. The summed E-state index contributed by atoms with van der Waals surface area (Å²) < 4.78 is 0. The Morgan fingerprint density at radius 2 is 1.71 bits per heavy atom. The molecule has 0 bridgehead atoms. The minimum atomic E-state index is -0.579. The summed E-state index contributed by atoms with van der Waals surface area (Å²) in [6, 6.07) is 2.98. The lowest BCUT2D eigenvalue weighted by atomic mass is 9.89. The van der Waals surface area contributed by atoms with Gasteiger partial charge in [-0.15, -0.1) is 0 Å². The summed E-state index contributed by atoms with van der Waals surface area (Å²) in [4.78, 5) is 30.0. The van der Waals surface area contributed by atoms with Crippen molar-refractivity contribution in [3.63, 3.8) is 0 Å². The number of nitrogens with zero attached hydrogens (tertiary/aromatic N) is 1. The van der Waals surface area contributed by atoms with E-state index >= 15 is 0 Å². The second kappa shape index (κ2) is 2.94. The van der Waals surface area contributed by atoms with Crippen molar-refractivity contribution in [1.29, 1.82) is 0 Å². The minimum Gasteiger partial charge on any atom is -0.494 e. The molecule has 0 radical (unpaired) electrons. The van der Waals surface area contributed by atoms with E-state index in [1.54, 1.807) is 0 Å². The smallest absolute Gasteiger partial charge is 0.218 e. The molecule has 6 heteroatoms. The molecule has 17 heavy (non-hydrogen) atoms. The number of hydrogen-bond donors (Lipinski definition) is 3. The van der Waals surface area contributed by atoms with Gasteiger partial charge in [0, 0.05) is 6.20 Å². The number of H-pyrrole nitrogens is 1. The van der Waals surface area contributed by atoms with Crippen molar-refractivity contribution >= 4 is 11.6 Å². The third-order valence-electron chi connectivity index (χ3n) is 2.68. The third-order valence-corrected chi connectivity index (χ3v) is 2.68. The normalized spacial score (nSPS) is 13.4. The molecular formula is C11H6N2O4. The molecule has 0 saturated carbocycles. The van der Waals surface area contributed by atoms with Crippen LogP contribution >= 0.6 is 0 Å². The Morgan fingerprint density at radius 1 is 1.06 bits per heavy atom. The highest BCUT2D eigenvalue weighted by atomic mass is 16.3. The topological polar surface area (TPSA) is 103 Å². The first-order chi connectivity index (χ1) is 8.11. The zero-order valence-electron chi connectivity index (χ0n) is 8.39. The van der Waals surface area contributed by atoms with E-state index < -0.39 is 23.3 Å². The third kappa shape index (κ3) is 1.06. The average Bonchev–Trinajstić information content (AvgIpc) is 2.62. The van der Waals surface area contributed by atoms with Gasteiger partial charge in [0.1, 0.15) is 11.3 Å². The van der Waals surface area contributed by atoms with E-state index in [1.165, 1.54) is 18.3 Å². The number of hydrogen-bond acceptors (Lipinski definition) is 5. The number of carbonyl (C=O) groups is 2. The Balaban J connectivity index is 2.39.